The lowest BCUT2D eigenvalue weighted by molar-refractivity contribution is -0.0688. The van der Waals surface area contributed by atoms with Crippen molar-refractivity contribution in [3.63, 3.8) is 0 Å². The molecule has 2 fully saturated rings. The number of aliphatic hydroxyl groups excluding tert-OH is 3. The maximum Gasteiger partial charge on any atom is 0.162 e. The number of rotatable bonds is 3. The van der Waals surface area contributed by atoms with Crippen molar-refractivity contribution in [3.05, 3.63) is 0 Å². The first kappa shape index (κ1) is 14.2. The van der Waals surface area contributed by atoms with Crippen LogP contribution >= 0.6 is 0 Å². The van der Waals surface area contributed by atoms with Gasteiger partial charge in [-0.15, -0.1) is 0 Å². The minimum atomic E-state index is -1.15. The summed E-state index contributed by atoms with van der Waals surface area (Å²) >= 11 is 0. The van der Waals surface area contributed by atoms with Crippen LogP contribution in [-0.4, -0.2) is 81.6 Å². The summed E-state index contributed by atoms with van der Waals surface area (Å²) in [5.74, 6) is 0.789. The predicted molar refractivity (Wildman–Crippen MR) is 77.5 cm³/mol. The Hall–Kier alpha value is -1.39. The zero-order chi connectivity index (χ0) is 15.5. The van der Waals surface area contributed by atoms with E-state index in [1.807, 2.05) is 0 Å². The fourth-order valence-corrected chi connectivity index (χ4v) is 3.26. The Labute approximate surface area is 126 Å². The highest BCUT2D eigenvalue weighted by Gasteiger charge is 2.54. The first-order valence-corrected chi connectivity index (χ1v) is 7.41. The van der Waals surface area contributed by atoms with Gasteiger partial charge in [-0.2, -0.15) is 0 Å². The van der Waals surface area contributed by atoms with Crippen LogP contribution in [-0.2, 0) is 4.74 Å². The molecule has 0 radical (unpaired) electrons. The molecule has 4 aliphatic rings. The molecular formula is C13H19N5O4. The normalized spacial score (nSPS) is 44.1. The van der Waals surface area contributed by atoms with Crippen LogP contribution in [0, 0.1) is 5.92 Å². The number of hydrogen-bond donors (Lipinski definition) is 4. The highest BCUT2D eigenvalue weighted by Crippen LogP contribution is 2.42. The first-order chi connectivity index (χ1) is 10.6. The summed E-state index contributed by atoms with van der Waals surface area (Å²) in [5.41, 5.74) is 6.15. The van der Waals surface area contributed by atoms with Gasteiger partial charge in [-0.25, -0.2) is 9.98 Å². The minimum absolute atomic E-state index is 0.232. The number of nitrogens with two attached hydrogens (primary N) is 1. The molecule has 0 bridgehead atoms. The zero-order valence-corrected chi connectivity index (χ0v) is 11.9. The Morgan fingerprint density at radius 2 is 2.14 bits per heavy atom. The van der Waals surface area contributed by atoms with Crippen molar-refractivity contribution < 1.29 is 20.1 Å². The maximum atomic E-state index is 10.2. The topological polar surface area (TPSA) is 136 Å². The monoisotopic (exact) mass is 309 g/mol. The van der Waals surface area contributed by atoms with E-state index < -0.39 is 30.2 Å². The molecule has 0 aromatic carbocycles. The van der Waals surface area contributed by atoms with Crippen molar-refractivity contribution in [1.82, 2.24) is 4.90 Å². The number of aliphatic hydroxyl groups is 3. The maximum absolute atomic E-state index is 10.2. The number of hydrogen-bond acceptors (Lipinski definition) is 9. The Balaban J connectivity index is 1.60. The molecule has 120 valence electrons. The van der Waals surface area contributed by atoms with Crippen molar-refractivity contribution in [2.24, 2.45) is 26.6 Å². The second-order valence-electron chi connectivity index (χ2n) is 6.14. The van der Waals surface area contributed by atoms with E-state index >= 15 is 0 Å². The smallest absolute Gasteiger partial charge is 0.162 e. The SMILES string of the molecule is NC1(C2CC2)N=CN=C2C1=NCN2[C@@H]1O[C@H](CO)[C@@H](O)[C@H]1O. The van der Waals surface area contributed by atoms with E-state index in [2.05, 4.69) is 15.0 Å². The standard InChI is InChI=1S/C13H19N5O4/c14-13(6-1-2-6)10-11(15-4-17-13)18(5-16-10)12-9(21)8(20)7(3-19)22-12/h4,6-9,12,19-21H,1-3,5,14H2/t7-,8-,9-,12-,13?/m1/s1. The van der Waals surface area contributed by atoms with Gasteiger partial charge in [0, 0.05) is 5.92 Å². The van der Waals surface area contributed by atoms with Crippen LogP contribution in [0.15, 0.2) is 15.0 Å². The Morgan fingerprint density at radius 1 is 1.36 bits per heavy atom. The Bertz CT molecular complexity index is 575. The van der Waals surface area contributed by atoms with Gasteiger partial charge in [-0.3, -0.25) is 4.99 Å². The Kier molecular flexibility index (Phi) is 3.10. The molecule has 9 heteroatoms. The molecule has 9 nitrogen and oxygen atoms in total. The summed E-state index contributed by atoms with van der Waals surface area (Å²) < 4.78 is 5.55. The van der Waals surface area contributed by atoms with E-state index in [0.717, 1.165) is 12.8 Å². The lowest BCUT2D eigenvalue weighted by Crippen LogP contribution is -2.56. The lowest BCUT2D eigenvalue weighted by Gasteiger charge is -2.32. The van der Waals surface area contributed by atoms with Crippen LogP contribution in [0.3, 0.4) is 0 Å². The van der Waals surface area contributed by atoms with Crippen LogP contribution in [0.5, 0.6) is 0 Å². The van der Waals surface area contributed by atoms with E-state index in [-0.39, 0.29) is 19.2 Å². The zero-order valence-electron chi connectivity index (χ0n) is 11.9. The van der Waals surface area contributed by atoms with Gasteiger partial charge in [0.1, 0.15) is 37.0 Å². The molecule has 0 aromatic rings. The van der Waals surface area contributed by atoms with Crippen LogP contribution in [0.4, 0.5) is 0 Å². The molecule has 1 aliphatic carbocycles. The molecule has 5 N–H and O–H groups in total. The van der Waals surface area contributed by atoms with Gasteiger partial charge < -0.3 is 30.7 Å². The summed E-state index contributed by atoms with van der Waals surface area (Å²) in [6.45, 7) is -0.136. The van der Waals surface area contributed by atoms with Crippen LogP contribution in [0.25, 0.3) is 0 Å². The summed E-state index contributed by atoms with van der Waals surface area (Å²) in [6, 6.07) is 0. The summed E-state index contributed by atoms with van der Waals surface area (Å²) in [7, 11) is 0. The van der Waals surface area contributed by atoms with Crippen LogP contribution in [0.2, 0.25) is 0 Å². The fourth-order valence-electron chi connectivity index (χ4n) is 3.26. The van der Waals surface area contributed by atoms with Crippen molar-refractivity contribution in [2.75, 3.05) is 13.3 Å². The van der Waals surface area contributed by atoms with Gasteiger partial charge in [-0.1, -0.05) is 0 Å². The third-order valence-corrected chi connectivity index (χ3v) is 4.72. The van der Waals surface area contributed by atoms with Crippen LogP contribution < -0.4 is 5.73 Å². The van der Waals surface area contributed by atoms with Gasteiger partial charge in [0.05, 0.1) is 6.61 Å². The Morgan fingerprint density at radius 3 is 2.77 bits per heavy atom. The van der Waals surface area contributed by atoms with Gasteiger partial charge in [-0.05, 0) is 12.8 Å². The van der Waals surface area contributed by atoms with E-state index in [1.54, 1.807) is 4.90 Å². The number of aliphatic imine (C=N–C) groups is 3. The number of amidine groups is 1. The van der Waals surface area contributed by atoms with Crippen LogP contribution in [0.1, 0.15) is 12.8 Å². The van der Waals surface area contributed by atoms with E-state index in [0.29, 0.717) is 11.5 Å². The van der Waals surface area contributed by atoms with E-state index in [9.17, 15) is 15.3 Å². The molecule has 3 aliphatic heterocycles. The van der Waals surface area contributed by atoms with E-state index in [4.69, 9.17) is 10.5 Å². The van der Waals surface area contributed by atoms with Gasteiger partial charge in [0.2, 0.25) is 0 Å². The summed E-state index contributed by atoms with van der Waals surface area (Å²) in [5, 5.41) is 29.3. The molecular weight excluding hydrogens is 290 g/mol. The summed E-state index contributed by atoms with van der Waals surface area (Å²) in [6.07, 6.45) is -0.506. The van der Waals surface area contributed by atoms with Gasteiger partial charge in [0.25, 0.3) is 0 Å². The second kappa shape index (κ2) is 4.80. The molecule has 0 amide bonds. The van der Waals surface area contributed by atoms with Crippen molar-refractivity contribution in [3.8, 4) is 0 Å². The number of fused-ring (bicyclic) bond motifs is 1. The first-order valence-electron chi connectivity index (χ1n) is 7.41. The van der Waals surface area contributed by atoms with Crippen molar-refractivity contribution in [2.45, 2.75) is 43.0 Å². The van der Waals surface area contributed by atoms with Crippen molar-refractivity contribution >= 4 is 17.9 Å². The average molecular weight is 309 g/mol. The highest BCUT2D eigenvalue weighted by molar-refractivity contribution is 6.47. The minimum Gasteiger partial charge on any atom is -0.394 e. The largest absolute Gasteiger partial charge is 0.394 e. The molecule has 22 heavy (non-hydrogen) atoms. The predicted octanol–water partition coefficient (Wildman–Crippen LogP) is -2.36. The second-order valence-corrected chi connectivity index (χ2v) is 6.14. The summed E-state index contributed by atoms with van der Waals surface area (Å²) in [4.78, 5) is 14.7. The third kappa shape index (κ3) is 1.87. The lowest BCUT2D eigenvalue weighted by atomic mass is 9.97. The molecule has 1 unspecified atom stereocenters. The molecule has 1 saturated heterocycles. The number of ether oxygens (including phenoxy) is 1. The number of nitrogens with zero attached hydrogens (tertiary/aromatic N) is 4. The van der Waals surface area contributed by atoms with E-state index in [1.165, 1.54) is 6.34 Å². The van der Waals surface area contributed by atoms with Gasteiger partial charge >= 0.3 is 0 Å². The van der Waals surface area contributed by atoms with Crippen molar-refractivity contribution in [1.29, 1.82) is 0 Å². The third-order valence-electron chi connectivity index (χ3n) is 4.72. The highest BCUT2D eigenvalue weighted by atomic mass is 16.6. The molecule has 0 aromatic heterocycles. The molecule has 4 rings (SSSR count). The average Bonchev–Trinajstić information content (AvgIpc) is 3.23. The van der Waals surface area contributed by atoms with Gasteiger partial charge in [0.15, 0.2) is 17.7 Å². The fraction of sp³-hybridized carbons (Fsp3) is 0.769. The molecule has 0 spiro atoms. The molecule has 1 saturated carbocycles. The molecule has 3 heterocycles. The quantitative estimate of drug-likeness (QED) is 0.460. The molecule has 5 atom stereocenters.